The predicted molar refractivity (Wildman–Crippen MR) is 82.0 cm³/mol. The van der Waals surface area contributed by atoms with E-state index in [9.17, 15) is 9.18 Å². The summed E-state index contributed by atoms with van der Waals surface area (Å²) < 4.78 is 13.1. The maximum Gasteiger partial charge on any atom is 0.152 e. The van der Waals surface area contributed by atoms with E-state index in [2.05, 4.69) is 11.1 Å². The number of aryl methyl sites for hydroxylation is 1. The Morgan fingerprint density at radius 3 is 3.10 bits per heavy atom. The van der Waals surface area contributed by atoms with Gasteiger partial charge in [0.25, 0.3) is 0 Å². The number of ketones is 1. The molecular weight excluding hydrogens is 285 g/mol. The van der Waals surface area contributed by atoms with E-state index in [0.29, 0.717) is 5.75 Å². The van der Waals surface area contributed by atoms with Crippen molar-refractivity contribution in [1.29, 1.82) is 0 Å². The number of nitrogens with zero attached hydrogens (tertiary/aromatic N) is 1. The standard InChI is InChI=1S/C17H16FNOS/c18-13-6-2-7-14(10-13)21-11-16(20)15-8-1-4-12-5-3-9-19-17(12)15/h2-3,5-7,9-10,15H,1,4,8,11H2. The van der Waals surface area contributed by atoms with E-state index in [0.717, 1.165) is 29.9 Å². The van der Waals surface area contributed by atoms with Gasteiger partial charge >= 0.3 is 0 Å². The van der Waals surface area contributed by atoms with Crippen LogP contribution in [0.5, 0.6) is 0 Å². The maximum absolute atomic E-state index is 13.1. The third-order valence-electron chi connectivity index (χ3n) is 3.76. The summed E-state index contributed by atoms with van der Waals surface area (Å²) in [5.74, 6) is 0.182. The van der Waals surface area contributed by atoms with Gasteiger partial charge in [0.15, 0.2) is 5.78 Å². The quantitative estimate of drug-likeness (QED) is 0.799. The van der Waals surface area contributed by atoms with Crippen molar-refractivity contribution >= 4 is 17.5 Å². The lowest BCUT2D eigenvalue weighted by molar-refractivity contribution is -0.118. The van der Waals surface area contributed by atoms with Crippen molar-refractivity contribution in [2.75, 3.05) is 5.75 Å². The minimum Gasteiger partial charge on any atom is -0.298 e. The Hall–Kier alpha value is -1.68. The van der Waals surface area contributed by atoms with Crippen molar-refractivity contribution in [2.24, 2.45) is 0 Å². The Kier molecular flexibility index (Phi) is 4.34. The van der Waals surface area contributed by atoms with Crippen molar-refractivity contribution in [1.82, 2.24) is 4.98 Å². The number of aromatic nitrogens is 1. The van der Waals surface area contributed by atoms with E-state index in [-0.39, 0.29) is 17.5 Å². The molecule has 1 unspecified atom stereocenters. The lowest BCUT2D eigenvalue weighted by Crippen LogP contribution is -2.21. The van der Waals surface area contributed by atoms with Gasteiger partial charge in [0.1, 0.15) is 5.82 Å². The molecule has 1 heterocycles. The average molecular weight is 301 g/mol. The van der Waals surface area contributed by atoms with Gasteiger partial charge in [-0.25, -0.2) is 4.39 Å². The summed E-state index contributed by atoms with van der Waals surface area (Å²) >= 11 is 1.39. The number of pyridine rings is 1. The van der Waals surface area contributed by atoms with Gasteiger partial charge in [-0.05, 0) is 49.1 Å². The number of Topliss-reactive ketones (excluding diaryl/α,β-unsaturated/α-hetero) is 1. The number of carbonyl (C=O) groups is 1. The molecule has 0 aliphatic heterocycles. The molecule has 0 amide bonds. The van der Waals surface area contributed by atoms with Crippen molar-refractivity contribution < 1.29 is 9.18 Å². The number of carbonyl (C=O) groups excluding carboxylic acids is 1. The summed E-state index contributed by atoms with van der Waals surface area (Å²) in [6.45, 7) is 0. The second-order valence-electron chi connectivity index (χ2n) is 5.20. The van der Waals surface area contributed by atoms with Crippen molar-refractivity contribution in [3.8, 4) is 0 Å². The first-order chi connectivity index (χ1) is 10.2. The fourth-order valence-corrected chi connectivity index (χ4v) is 3.62. The molecule has 1 atom stereocenters. The Morgan fingerprint density at radius 1 is 1.33 bits per heavy atom. The number of benzene rings is 1. The number of rotatable bonds is 4. The third-order valence-corrected chi connectivity index (χ3v) is 4.78. The molecule has 1 aromatic heterocycles. The average Bonchev–Trinajstić information content (AvgIpc) is 2.52. The molecule has 21 heavy (non-hydrogen) atoms. The molecule has 0 spiro atoms. The highest BCUT2D eigenvalue weighted by atomic mass is 32.2. The Morgan fingerprint density at radius 2 is 2.24 bits per heavy atom. The fourth-order valence-electron chi connectivity index (χ4n) is 2.73. The van der Waals surface area contributed by atoms with Gasteiger partial charge < -0.3 is 0 Å². The van der Waals surface area contributed by atoms with Crippen LogP contribution in [0.2, 0.25) is 0 Å². The summed E-state index contributed by atoms with van der Waals surface area (Å²) in [6.07, 6.45) is 4.65. The molecule has 1 aliphatic rings. The number of fused-ring (bicyclic) bond motifs is 1. The lowest BCUT2D eigenvalue weighted by Gasteiger charge is -2.22. The van der Waals surface area contributed by atoms with E-state index in [4.69, 9.17) is 0 Å². The first-order valence-electron chi connectivity index (χ1n) is 7.09. The van der Waals surface area contributed by atoms with E-state index in [1.54, 1.807) is 12.3 Å². The Labute approximate surface area is 127 Å². The monoisotopic (exact) mass is 301 g/mol. The third kappa shape index (κ3) is 3.32. The van der Waals surface area contributed by atoms with Gasteiger partial charge in [-0.2, -0.15) is 0 Å². The topological polar surface area (TPSA) is 30.0 Å². The smallest absolute Gasteiger partial charge is 0.152 e. The highest BCUT2D eigenvalue weighted by Gasteiger charge is 2.27. The van der Waals surface area contributed by atoms with Crippen LogP contribution < -0.4 is 0 Å². The Bertz CT molecular complexity index is 659. The lowest BCUT2D eigenvalue weighted by atomic mass is 9.84. The van der Waals surface area contributed by atoms with Crippen LogP contribution in [-0.4, -0.2) is 16.5 Å². The molecule has 0 radical (unpaired) electrons. The first kappa shape index (κ1) is 14.3. The molecule has 2 aromatic rings. The molecule has 0 fully saturated rings. The van der Waals surface area contributed by atoms with E-state index in [1.165, 1.54) is 29.5 Å². The highest BCUT2D eigenvalue weighted by molar-refractivity contribution is 8.00. The number of hydrogen-bond acceptors (Lipinski definition) is 3. The van der Waals surface area contributed by atoms with Crippen LogP contribution in [0.3, 0.4) is 0 Å². The maximum atomic E-state index is 13.1. The normalized spacial score (nSPS) is 17.3. The van der Waals surface area contributed by atoms with E-state index in [1.807, 2.05) is 12.1 Å². The largest absolute Gasteiger partial charge is 0.298 e. The molecule has 3 rings (SSSR count). The van der Waals surface area contributed by atoms with Crippen molar-refractivity contribution in [3.05, 3.63) is 59.7 Å². The summed E-state index contributed by atoms with van der Waals surface area (Å²) in [5.41, 5.74) is 2.13. The van der Waals surface area contributed by atoms with Crippen molar-refractivity contribution in [2.45, 2.75) is 30.1 Å². The van der Waals surface area contributed by atoms with Crippen LogP contribution in [0.1, 0.15) is 30.0 Å². The van der Waals surface area contributed by atoms with Crippen LogP contribution in [0.4, 0.5) is 4.39 Å². The zero-order chi connectivity index (χ0) is 14.7. The van der Waals surface area contributed by atoms with Crippen LogP contribution in [-0.2, 0) is 11.2 Å². The summed E-state index contributed by atoms with van der Waals surface area (Å²) in [4.78, 5) is 17.7. The van der Waals surface area contributed by atoms with E-state index < -0.39 is 0 Å². The van der Waals surface area contributed by atoms with Crippen LogP contribution in [0, 0.1) is 5.82 Å². The van der Waals surface area contributed by atoms with Crippen LogP contribution >= 0.6 is 11.8 Å². The molecule has 4 heteroatoms. The highest BCUT2D eigenvalue weighted by Crippen LogP contribution is 2.32. The molecule has 0 saturated heterocycles. The van der Waals surface area contributed by atoms with Crippen LogP contribution in [0.25, 0.3) is 0 Å². The minimum atomic E-state index is -0.267. The summed E-state index contributed by atoms with van der Waals surface area (Å²) in [7, 11) is 0. The van der Waals surface area contributed by atoms with Gasteiger partial charge in [0, 0.05) is 11.1 Å². The number of halogens is 1. The van der Waals surface area contributed by atoms with E-state index >= 15 is 0 Å². The molecule has 0 saturated carbocycles. The molecule has 108 valence electrons. The SMILES string of the molecule is O=C(CSc1cccc(F)c1)C1CCCc2cccnc21. The van der Waals surface area contributed by atoms with Gasteiger partial charge in [-0.3, -0.25) is 9.78 Å². The van der Waals surface area contributed by atoms with Crippen molar-refractivity contribution in [3.63, 3.8) is 0 Å². The van der Waals surface area contributed by atoms with Gasteiger partial charge in [0.2, 0.25) is 0 Å². The summed E-state index contributed by atoms with van der Waals surface area (Å²) in [5, 5.41) is 0. The van der Waals surface area contributed by atoms with Gasteiger partial charge in [-0.1, -0.05) is 12.1 Å². The molecular formula is C17H16FNOS. The fraction of sp³-hybridized carbons (Fsp3) is 0.294. The van der Waals surface area contributed by atoms with Gasteiger partial charge in [0.05, 0.1) is 17.4 Å². The molecule has 0 bridgehead atoms. The van der Waals surface area contributed by atoms with Crippen LogP contribution in [0.15, 0.2) is 47.5 Å². The zero-order valence-corrected chi connectivity index (χ0v) is 12.4. The molecule has 0 N–H and O–H groups in total. The Balaban J connectivity index is 1.69. The second kappa shape index (κ2) is 6.39. The second-order valence-corrected chi connectivity index (χ2v) is 6.25. The predicted octanol–water partition coefficient (Wildman–Crippen LogP) is 4.00. The number of thioether (sulfide) groups is 1. The summed E-state index contributed by atoms with van der Waals surface area (Å²) in [6, 6.07) is 10.3. The van der Waals surface area contributed by atoms with Gasteiger partial charge in [-0.15, -0.1) is 11.8 Å². The minimum absolute atomic E-state index is 0.101. The first-order valence-corrected chi connectivity index (χ1v) is 8.07. The zero-order valence-electron chi connectivity index (χ0n) is 11.6. The molecule has 1 aliphatic carbocycles. The molecule has 1 aromatic carbocycles. The number of hydrogen-bond donors (Lipinski definition) is 0. The molecule has 2 nitrogen and oxygen atoms in total.